The van der Waals surface area contributed by atoms with Crippen LogP contribution in [0.1, 0.15) is 47.1 Å². The molecule has 0 aliphatic heterocycles. The molecule has 3 rings (SSSR count). The largest absolute Gasteiger partial charge is 0.311 e. The van der Waals surface area contributed by atoms with Crippen LogP contribution in [0.25, 0.3) is 17.0 Å². The molecule has 5 nitrogen and oxygen atoms in total. The SMILES string of the molecule is C/C=C(/C)c1ccncc1.C/C=C(/C)n1cccn1.C/C=C(/C)n1ccnc1. The minimum atomic E-state index is 1.15. The lowest BCUT2D eigenvalue weighted by atomic mass is 10.1. The molecule has 0 atom stereocenters. The average molecular weight is 378 g/mol. The maximum absolute atomic E-state index is 4.04. The highest BCUT2D eigenvalue weighted by molar-refractivity contribution is 5.62. The molecule has 0 fully saturated rings. The Hall–Kier alpha value is -3.21. The van der Waals surface area contributed by atoms with Crippen molar-refractivity contribution in [2.75, 3.05) is 0 Å². The zero-order chi connectivity index (χ0) is 20.8. The molecular weight excluding hydrogens is 346 g/mol. The molecular formula is C23H31N5. The number of rotatable bonds is 3. The minimum Gasteiger partial charge on any atom is -0.311 e. The van der Waals surface area contributed by atoms with Crippen molar-refractivity contribution in [3.63, 3.8) is 0 Å². The summed E-state index contributed by atoms with van der Waals surface area (Å²) in [6.45, 7) is 12.2. The first kappa shape index (κ1) is 22.8. The normalized spacial score (nSPS) is 11.9. The van der Waals surface area contributed by atoms with Gasteiger partial charge >= 0.3 is 0 Å². The summed E-state index contributed by atoms with van der Waals surface area (Å²) in [7, 11) is 0. The third-order valence-electron chi connectivity index (χ3n) is 4.18. The van der Waals surface area contributed by atoms with Crippen LogP contribution in [-0.4, -0.2) is 24.3 Å². The Kier molecular flexibility index (Phi) is 10.6. The van der Waals surface area contributed by atoms with Gasteiger partial charge in [-0.1, -0.05) is 18.2 Å². The smallest absolute Gasteiger partial charge is 0.0988 e. The van der Waals surface area contributed by atoms with Crippen LogP contribution in [-0.2, 0) is 0 Å². The summed E-state index contributed by atoms with van der Waals surface area (Å²) in [6, 6.07) is 5.93. The van der Waals surface area contributed by atoms with Crippen molar-refractivity contribution in [1.29, 1.82) is 0 Å². The maximum atomic E-state index is 4.04. The molecule has 0 aliphatic rings. The zero-order valence-electron chi connectivity index (χ0n) is 17.7. The first-order valence-corrected chi connectivity index (χ1v) is 9.30. The predicted molar refractivity (Wildman–Crippen MR) is 119 cm³/mol. The molecule has 0 unspecified atom stereocenters. The van der Waals surface area contributed by atoms with Crippen molar-refractivity contribution in [2.45, 2.75) is 41.5 Å². The van der Waals surface area contributed by atoms with Gasteiger partial charge in [0.05, 0.1) is 6.33 Å². The number of hydrogen-bond acceptors (Lipinski definition) is 3. The van der Waals surface area contributed by atoms with Crippen molar-refractivity contribution in [2.24, 2.45) is 0 Å². The molecule has 0 bridgehead atoms. The second kappa shape index (κ2) is 13.0. The monoisotopic (exact) mass is 377 g/mol. The summed E-state index contributed by atoms with van der Waals surface area (Å²) in [5.41, 5.74) is 4.90. The second-order valence-electron chi connectivity index (χ2n) is 5.99. The summed E-state index contributed by atoms with van der Waals surface area (Å²) in [5, 5.41) is 4.04. The van der Waals surface area contributed by atoms with Gasteiger partial charge in [0, 0.05) is 48.6 Å². The van der Waals surface area contributed by atoms with Crippen LogP contribution in [0.15, 0.2) is 79.9 Å². The van der Waals surface area contributed by atoms with Crippen LogP contribution in [0.4, 0.5) is 0 Å². The van der Waals surface area contributed by atoms with Crippen LogP contribution in [0, 0.1) is 0 Å². The van der Waals surface area contributed by atoms with Gasteiger partial charge in [-0.2, -0.15) is 5.10 Å². The fourth-order valence-corrected chi connectivity index (χ4v) is 2.01. The topological polar surface area (TPSA) is 48.5 Å². The number of nitrogens with zero attached hydrogens (tertiary/aromatic N) is 5. The number of aromatic nitrogens is 5. The highest BCUT2D eigenvalue weighted by Crippen LogP contribution is 2.10. The molecule has 3 aromatic heterocycles. The quantitative estimate of drug-likeness (QED) is 0.560. The van der Waals surface area contributed by atoms with Gasteiger partial charge in [-0.25, -0.2) is 9.67 Å². The average Bonchev–Trinajstić information content (AvgIpc) is 3.48. The molecule has 0 aliphatic carbocycles. The Morgan fingerprint density at radius 3 is 1.93 bits per heavy atom. The Bertz CT molecular complexity index is 807. The van der Waals surface area contributed by atoms with E-state index in [1.54, 1.807) is 18.7 Å². The fraction of sp³-hybridized carbons (Fsp3) is 0.261. The third kappa shape index (κ3) is 7.99. The lowest BCUT2D eigenvalue weighted by Gasteiger charge is -1.96. The molecule has 3 heterocycles. The van der Waals surface area contributed by atoms with Crippen LogP contribution in [0.3, 0.4) is 0 Å². The van der Waals surface area contributed by atoms with Crippen LogP contribution in [0.2, 0.25) is 0 Å². The van der Waals surface area contributed by atoms with Crippen LogP contribution in [0.5, 0.6) is 0 Å². The van der Waals surface area contributed by atoms with Crippen LogP contribution < -0.4 is 0 Å². The molecule has 0 N–H and O–H groups in total. The number of hydrogen-bond donors (Lipinski definition) is 0. The van der Waals surface area contributed by atoms with Crippen molar-refractivity contribution in [1.82, 2.24) is 24.3 Å². The second-order valence-corrected chi connectivity index (χ2v) is 5.99. The Morgan fingerprint density at radius 1 is 0.786 bits per heavy atom. The van der Waals surface area contributed by atoms with Gasteiger partial charge in [0.1, 0.15) is 0 Å². The molecule has 0 saturated carbocycles. The molecule has 0 radical (unpaired) electrons. The number of allylic oxidation sites excluding steroid dienone is 6. The van der Waals surface area contributed by atoms with E-state index in [1.165, 1.54) is 16.8 Å². The van der Waals surface area contributed by atoms with Crippen molar-refractivity contribution in [3.05, 3.63) is 85.5 Å². The lowest BCUT2D eigenvalue weighted by Crippen LogP contribution is -1.91. The van der Waals surface area contributed by atoms with E-state index in [-0.39, 0.29) is 0 Å². The maximum Gasteiger partial charge on any atom is 0.0988 e. The van der Waals surface area contributed by atoms with Gasteiger partial charge in [0.2, 0.25) is 0 Å². The number of imidazole rings is 1. The Balaban J connectivity index is 0.000000210. The highest BCUT2D eigenvalue weighted by Gasteiger charge is 1.89. The van der Waals surface area contributed by atoms with E-state index in [2.05, 4.69) is 28.1 Å². The molecule has 0 saturated heterocycles. The molecule has 0 aromatic carbocycles. The molecule has 148 valence electrons. The van der Waals surface area contributed by atoms with Crippen molar-refractivity contribution in [3.8, 4) is 0 Å². The van der Waals surface area contributed by atoms with Gasteiger partial charge in [0.25, 0.3) is 0 Å². The van der Waals surface area contributed by atoms with Gasteiger partial charge in [-0.3, -0.25) is 4.98 Å². The van der Waals surface area contributed by atoms with Gasteiger partial charge in [0.15, 0.2) is 0 Å². The standard InChI is InChI=1S/C9H11N.2C7H10N2/c1-3-8(2)9-4-6-10-7-5-9;1-3-7(2)9-5-4-8-6-9;1-3-7(2)9-6-4-5-8-9/h3-7H,1-2H3;2*3-6H,1-2H3/b8-3-;2*7-3-. The predicted octanol–water partition coefficient (Wildman–Crippen LogP) is 6.03. The van der Waals surface area contributed by atoms with E-state index in [0.717, 1.165) is 5.70 Å². The van der Waals surface area contributed by atoms with Gasteiger partial charge in [-0.05, 0) is 70.9 Å². The zero-order valence-corrected chi connectivity index (χ0v) is 17.7. The summed E-state index contributed by atoms with van der Waals surface area (Å²) < 4.78 is 3.81. The lowest BCUT2D eigenvalue weighted by molar-refractivity contribution is 0.894. The van der Waals surface area contributed by atoms with E-state index >= 15 is 0 Å². The number of pyridine rings is 1. The first-order valence-electron chi connectivity index (χ1n) is 9.30. The summed E-state index contributed by atoms with van der Waals surface area (Å²) in [5.74, 6) is 0. The van der Waals surface area contributed by atoms with Gasteiger partial charge in [-0.15, -0.1) is 0 Å². The molecule has 5 heteroatoms. The summed E-state index contributed by atoms with van der Waals surface area (Å²) >= 11 is 0. The van der Waals surface area contributed by atoms with Crippen LogP contribution >= 0.6 is 0 Å². The van der Waals surface area contributed by atoms with E-state index in [0.29, 0.717) is 0 Å². The molecule has 28 heavy (non-hydrogen) atoms. The molecule has 3 aromatic rings. The molecule has 0 spiro atoms. The summed E-state index contributed by atoms with van der Waals surface area (Å²) in [6.07, 6.45) is 19.0. The van der Waals surface area contributed by atoms with Crippen molar-refractivity contribution >= 4 is 17.0 Å². The molecule has 0 amide bonds. The van der Waals surface area contributed by atoms with E-state index in [4.69, 9.17) is 0 Å². The minimum absolute atomic E-state index is 1.15. The summed E-state index contributed by atoms with van der Waals surface area (Å²) in [4.78, 5) is 7.85. The van der Waals surface area contributed by atoms with Gasteiger partial charge < -0.3 is 4.57 Å². The Morgan fingerprint density at radius 2 is 1.46 bits per heavy atom. The van der Waals surface area contributed by atoms with E-state index in [9.17, 15) is 0 Å². The fourth-order valence-electron chi connectivity index (χ4n) is 2.01. The Labute approximate surface area is 168 Å². The van der Waals surface area contributed by atoms with Crippen molar-refractivity contribution < 1.29 is 0 Å². The third-order valence-corrected chi connectivity index (χ3v) is 4.18. The first-order chi connectivity index (χ1) is 13.5. The van der Waals surface area contributed by atoms with E-state index < -0.39 is 0 Å². The van der Waals surface area contributed by atoms with E-state index in [1.807, 2.05) is 99.0 Å². The highest BCUT2D eigenvalue weighted by atomic mass is 15.3.